The van der Waals surface area contributed by atoms with Crippen LogP contribution in [0, 0.1) is 5.92 Å². The molecule has 0 fully saturated rings. The fraction of sp³-hybridized carbons (Fsp3) is 0.889. The Morgan fingerprint density at radius 1 is 1.54 bits per heavy atom. The Morgan fingerprint density at radius 2 is 2.15 bits per heavy atom. The minimum Gasteiger partial charge on any atom is -0.369 e. The third-order valence-electron chi connectivity index (χ3n) is 1.82. The average Bonchev–Trinajstić information content (AvgIpc) is 2.03. The van der Waals surface area contributed by atoms with E-state index in [0.717, 1.165) is 12.5 Å². The number of nitrogens with two attached hydrogens (primary N) is 1. The molecule has 78 valence electrons. The standard InChI is InChI=1S/C9H22N4/c1-8(2)6-5-7-13(4)12-9(10)11-3/h8H,5-7H2,1-4H3,(H3,10,11,12). The zero-order chi connectivity index (χ0) is 10.3. The lowest BCUT2D eigenvalue weighted by Gasteiger charge is -2.18. The van der Waals surface area contributed by atoms with Gasteiger partial charge in [-0.1, -0.05) is 13.8 Å². The van der Waals surface area contributed by atoms with Gasteiger partial charge in [-0.25, -0.2) is 5.01 Å². The van der Waals surface area contributed by atoms with Gasteiger partial charge >= 0.3 is 0 Å². The Balaban J connectivity index is 3.46. The van der Waals surface area contributed by atoms with E-state index in [4.69, 9.17) is 5.73 Å². The highest BCUT2D eigenvalue weighted by molar-refractivity contribution is 5.76. The van der Waals surface area contributed by atoms with E-state index in [0.29, 0.717) is 5.96 Å². The first-order valence-corrected chi connectivity index (χ1v) is 4.76. The zero-order valence-electron chi connectivity index (χ0n) is 9.17. The van der Waals surface area contributed by atoms with Crippen LogP contribution >= 0.6 is 0 Å². The van der Waals surface area contributed by atoms with Gasteiger partial charge in [-0.05, 0) is 18.8 Å². The molecule has 4 nitrogen and oxygen atoms in total. The Morgan fingerprint density at radius 3 is 2.62 bits per heavy atom. The summed E-state index contributed by atoms with van der Waals surface area (Å²) in [6.45, 7) is 5.46. The monoisotopic (exact) mass is 186 g/mol. The van der Waals surface area contributed by atoms with Crippen LogP contribution in [0.3, 0.4) is 0 Å². The molecule has 0 radical (unpaired) electrons. The van der Waals surface area contributed by atoms with Crippen molar-refractivity contribution in [3.05, 3.63) is 0 Å². The summed E-state index contributed by atoms with van der Waals surface area (Å²) in [5.74, 6) is 1.23. The quantitative estimate of drug-likeness (QED) is 0.379. The van der Waals surface area contributed by atoms with Gasteiger partial charge in [0, 0.05) is 20.6 Å². The molecule has 0 bridgehead atoms. The van der Waals surface area contributed by atoms with E-state index >= 15 is 0 Å². The fourth-order valence-electron chi connectivity index (χ4n) is 1.04. The molecule has 0 heterocycles. The first-order chi connectivity index (χ1) is 6.06. The van der Waals surface area contributed by atoms with Crippen molar-refractivity contribution in [2.24, 2.45) is 16.6 Å². The maximum atomic E-state index is 5.50. The molecule has 0 aliphatic carbocycles. The molecule has 0 aliphatic rings. The summed E-state index contributed by atoms with van der Waals surface area (Å²) in [5.41, 5.74) is 8.47. The van der Waals surface area contributed by atoms with E-state index in [-0.39, 0.29) is 0 Å². The smallest absolute Gasteiger partial charge is 0.203 e. The lowest BCUT2D eigenvalue weighted by molar-refractivity contribution is 0.278. The van der Waals surface area contributed by atoms with Gasteiger partial charge < -0.3 is 5.73 Å². The van der Waals surface area contributed by atoms with E-state index in [2.05, 4.69) is 24.3 Å². The topological polar surface area (TPSA) is 53.6 Å². The molecule has 13 heavy (non-hydrogen) atoms. The highest BCUT2D eigenvalue weighted by atomic mass is 15.5. The molecule has 3 N–H and O–H groups in total. The lowest BCUT2D eigenvalue weighted by Crippen LogP contribution is -2.44. The van der Waals surface area contributed by atoms with E-state index in [1.54, 1.807) is 7.05 Å². The third kappa shape index (κ3) is 7.59. The van der Waals surface area contributed by atoms with Gasteiger partial charge in [-0.15, -0.1) is 0 Å². The number of hydrogen-bond acceptors (Lipinski definition) is 2. The van der Waals surface area contributed by atoms with Crippen LogP contribution in [-0.4, -0.2) is 31.6 Å². The molecule has 0 unspecified atom stereocenters. The first kappa shape index (κ1) is 12.2. The summed E-state index contributed by atoms with van der Waals surface area (Å²) < 4.78 is 0. The maximum absolute atomic E-state index is 5.50. The van der Waals surface area contributed by atoms with Crippen LogP contribution in [0.1, 0.15) is 26.7 Å². The molecule has 0 atom stereocenters. The van der Waals surface area contributed by atoms with Gasteiger partial charge in [0.25, 0.3) is 0 Å². The van der Waals surface area contributed by atoms with Crippen molar-refractivity contribution < 1.29 is 0 Å². The van der Waals surface area contributed by atoms with E-state index in [9.17, 15) is 0 Å². The number of hydrazine groups is 1. The minimum absolute atomic E-state index is 0.465. The fourth-order valence-corrected chi connectivity index (χ4v) is 1.04. The van der Waals surface area contributed by atoms with Crippen molar-refractivity contribution in [1.82, 2.24) is 10.4 Å². The second kappa shape index (κ2) is 6.71. The number of guanidine groups is 1. The summed E-state index contributed by atoms with van der Waals surface area (Å²) in [4.78, 5) is 3.81. The van der Waals surface area contributed by atoms with Crippen molar-refractivity contribution in [2.45, 2.75) is 26.7 Å². The van der Waals surface area contributed by atoms with Crippen molar-refractivity contribution in [3.8, 4) is 0 Å². The van der Waals surface area contributed by atoms with Gasteiger partial charge in [0.05, 0.1) is 0 Å². The molecule has 0 rings (SSSR count). The predicted molar refractivity (Wildman–Crippen MR) is 57.4 cm³/mol. The Kier molecular flexibility index (Phi) is 6.32. The molecule has 0 aromatic rings. The normalized spacial score (nSPS) is 12.6. The SMILES string of the molecule is C/N=C(\N)NN(C)CCCC(C)C. The molecular formula is C9H22N4. The van der Waals surface area contributed by atoms with Gasteiger partial charge in [0.2, 0.25) is 5.96 Å². The Hall–Kier alpha value is -0.770. The van der Waals surface area contributed by atoms with Crippen LogP contribution in [0.2, 0.25) is 0 Å². The summed E-state index contributed by atoms with van der Waals surface area (Å²) in [6, 6.07) is 0. The molecular weight excluding hydrogens is 164 g/mol. The predicted octanol–water partition coefficient (Wildman–Crippen LogP) is 0.804. The molecule has 0 aromatic heterocycles. The molecule has 0 aromatic carbocycles. The van der Waals surface area contributed by atoms with Gasteiger partial charge in [0.15, 0.2) is 0 Å². The van der Waals surface area contributed by atoms with Gasteiger partial charge in [0.1, 0.15) is 0 Å². The van der Waals surface area contributed by atoms with E-state index in [1.165, 1.54) is 12.8 Å². The highest BCUT2D eigenvalue weighted by Crippen LogP contribution is 2.02. The van der Waals surface area contributed by atoms with Crippen LogP contribution in [0.25, 0.3) is 0 Å². The molecule has 4 heteroatoms. The third-order valence-corrected chi connectivity index (χ3v) is 1.82. The van der Waals surface area contributed by atoms with Crippen molar-refractivity contribution in [3.63, 3.8) is 0 Å². The first-order valence-electron chi connectivity index (χ1n) is 4.76. The molecule has 0 saturated heterocycles. The second-order valence-electron chi connectivity index (χ2n) is 3.68. The van der Waals surface area contributed by atoms with Crippen LogP contribution in [0.15, 0.2) is 4.99 Å². The number of nitrogens with zero attached hydrogens (tertiary/aromatic N) is 2. The number of rotatable bonds is 5. The molecule has 0 saturated carbocycles. The summed E-state index contributed by atoms with van der Waals surface area (Å²) >= 11 is 0. The molecule has 0 spiro atoms. The molecule has 0 amide bonds. The van der Waals surface area contributed by atoms with Gasteiger partial charge in [-0.3, -0.25) is 10.4 Å². The molecule has 0 aliphatic heterocycles. The maximum Gasteiger partial charge on any atom is 0.203 e. The van der Waals surface area contributed by atoms with Crippen LogP contribution in [-0.2, 0) is 0 Å². The average molecular weight is 186 g/mol. The highest BCUT2D eigenvalue weighted by Gasteiger charge is 1.99. The lowest BCUT2D eigenvalue weighted by atomic mass is 10.1. The van der Waals surface area contributed by atoms with Gasteiger partial charge in [-0.2, -0.15) is 0 Å². The Labute approximate surface area is 81.2 Å². The van der Waals surface area contributed by atoms with Crippen LogP contribution in [0.5, 0.6) is 0 Å². The van der Waals surface area contributed by atoms with Crippen molar-refractivity contribution >= 4 is 5.96 Å². The van der Waals surface area contributed by atoms with Crippen molar-refractivity contribution in [1.29, 1.82) is 0 Å². The zero-order valence-corrected chi connectivity index (χ0v) is 9.17. The van der Waals surface area contributed by atoms with E-state index < -0.39 is 0 Å². The summed E-state index contributed by atoms with van der Waals surface area (Å²) in [6.07, 6.45) is 2.42. The Bertz CT molecular complexity index is 154. The van der Waals surface area contributed by atoms with E-state index in [1.807, 2.05) is 12.1 Å². The largest absolute Gasteiger partial charge is 0.369 e. The minimum atomic E-state index is 0.465. The number of hydrogen-bond donors (Lipinski definition) is 2. The van der Waals surface area contributed by atoms with Crippen molar-refractivity contribution in [2.75, 3.05) is 20.6 Å². The van der Waals surface area contributed by atoms with Crippen LogP contribution < -0.4 is 11.2 Å². The summed E-state index contributed by atoms with van der Waals surface area (Å²) in [7, 11) is 3.64. The summed E-state index contributed by atoms with van der Waals surface area (Å²) in [5, 5.41) is 1.96. The second-order valence-corrected chi connectivity index (χ2v) is 3.68. The number of aliphatic imine (C=N–C) groups is 1. The van der Waals surface area contributed by atoms with Crippen LogP contribution in [0.4, 0.5) is 0 Å². The number of nitrogens with one attached hydrogen (secondary N) is 1.